The zero-order valence-corrected chi connectivity index (χ0v) is 11.0. The van der Waals surface area contributed by atoms with E-state index in [4.69, 9.17) is 0 Å². The Morgan fingerprint density at radius 1 is 1.33 bits per heavy atom. The molecule has 15 heavy (non-hydrogen) atoms. The van der Waals surface area contributed by atoms with Gasteiger partial charge in [0.2, 0.25) is 0 Å². The van der Waals surface area contributed by atoms with Gasteiger partial charge in [-0.05, 0) is 27.2 Å². The lowest BCUT2D eigenvalue weighted by atomic mass is 9.99. The van der Waals surface area contributed by atoms with Gasteiger partial charge in [0.05, 0.1) is 0 Å². The monoisotopic (exact) mass is 212 g/mol. The Balaban J connectivity index is 2.29. The lowest BCUT2D eigenvalue weighted by Gasteiger charge is -2.42. The third kappa shape index (κ3) is 4.52. The highest BCUT2D eigenvalue weighted by atomic mass is 15.2. The van der Waals surface area contributed by atoms with Gasteiger partial charge < -0.3 is 5.32 Å². The second-order valence-corrected chi connectivity index (χ2v) is 5.63. The van der Waals surface area contributed by atoms with Gasteiger partial charge in [-0.15, -0.1) is 0 Å². The van der Waals surface area contributed by atoms with Crippen LogP contribution >= 0.6 is 0 Å². The van der Waals surface area contributed by atoms with E-state index >= 15 is 0 Å². The minimum Gasteiger partial charge on any atom is -0.309 e. The quantitative estimate of drug-likeness (QED) is 0.705. The molecule has 0 aliphatic carbocycles. The van der Waals surface area contributed by atoms with Gasteiger partial charge in [0, 0.05) is 31.2 Å². The molecule has 1 saturated heterocycles. The van der Waals surface area contributed by atoms with E-state index in [1.165, 1.54) is 38.8 Å². The minimum absolute atomic E-state index is 0.303. The third-order valence-electron chi connectivity index (χ3n) is 3.45. The van der Waals surface area contributed by atoms with Gasteiger partial charge in [-0.3, -0.25) is 4.90 Å². The number of nitrogens with zero attached hydrogens (tertiary/aromatic N) is 1. The third-order valence-corrected chi connectivity index (χ3v) is 3.45. The average molecular weight is 212 g/mol. The normalized spacial score (nSPS) is 24.0. The molecule has 0 saturated carbocycles. The molecular weight excluding hydrogens is 184 g/mol. The first-order chi connectivity index (χ1) is 7.05. The lowest BCUT2D eigenvalue weighted by molar-refractivity contribution is 0.111. The van der Waals surface area contributed by atoms with E-state index < -0.39 is 0 Å². The first kappa shape index (κ1) is 13.0. The molecule has 1 aliphatic heterocycles. The fourth-order valence-electron chi connectivity index (χ4n) is 2.43. The lowest BCUT2D eigenvalue weighted by Crippen LogP contribution is -2.58. The summed E-state index contributed by atoms with van der Waals surface area (Å²) in [6, 6.07) is 0.762. The summed E-state index contributed by atoms with van der Waals surface area (Å²) in [5.41, 5.74) is 0.303. The Labute approximate surface area is 95.4 Å². The second-order valence-electron chi connectivity index (χ2n) is 5.63. The maximum atomic E-state index is 3.57. The molecule has 1 aliphatic rings. The maximum Gasteiger partial charge on any atom is 0.0252 e. The maximum absolute atomic E-state index is 3.57. The molecule has 0 bridgehead atoms. The SMILES string of the molecule is CCCCCC(C)N1CCNC(C)(C)C1. The van der Waals surface area contributed by atoms with Gasteiger partial charge in [0.1, 0.15) is 0 Å². The smallest absolute Gasteiger partial charge is 0.0252 e. The van der Waals surface area contributed by atoms with Gasteiger partial charge in [-0.2, -0.15) is 0 Å². The molecule has 1 heterocycles. The summed E-state index contributed by atoms with van der Waals surface area (Å²) >= 11 is 0. The first-order valence-electron chi connectivity index (χ1n) is 6.54. The predicted octanol–water partition coefficient (Wildman–Crippen LogP) is 2.64. The molecule has 0 aromatic heterocycles. The number of hydrogen-bond acceptors (Lipinski definition) is 2. The Bertz CT molecular complexity index is 177. The van der Waals surface area contributed by atoms with Crippen LogP contribution in [0.3, 0.4) is 0 Å². The topological polar surface area (TPSA) is 15.3 Å². The minimum atomic E-state index is 0.303. The van der Waals surface area contributed by atoms with Crippen molar-refractivity contribution < 1.29 is 0 Å². The summed E-state index contributed by atoms with van der Waals surface area (Å²) in [5, 5.41) is 3.57. The first-order valence-corrected chi connectivity index (χ1v) is 6.54. The summed E-state index contributed by atoms with van der Waals surface area (Å²) < 4.78 is 0. The molecule has 1 fully saturated rings. The van der Waals surface area contributed by atoms with Crippen LogP contribution in [0.2, 0.25) is 0 Å². The zero-order chi connectivity index (χ0) is 11.3. The number of hydrogen-bond donors (Lipinski definition) is 1. The molecule has 0 aromatic carbocycles. The van der Waals surface area contributed by atoms with Crippen molar-refractivity contribution >= 4 is 0 Å². The van der Waals surface area contributed by atoms with E-state index in [2.05, 4.69) is 37.9 Å². The van der Waals surface area contributed by atoms with Crippen molar-refractivity contribution in [1.82, 2.24) is 10.2 Å². The molecule has 0 aromatic rings. The van der Waals surface area contributed by atoms with Crippen LogP contribution in [0, 0.1) is 0 Å². The Morgan fingerprint density at radius 3 is 2.67 bits per heavy atom. The van der Waals surface area contributed by atoms with Crippen LogP contribution < -0.4 is 5.32 Å². The van der Waals surface area contributed by atoms with E-state index in [1.54, 1.807) is 0 Å². The largest absolute Gasteiger partial charge is 0.309 e. The van der Waals surface area contributed by atoms with Gasteiger partial charge in [-0.1, -0.05) is 26.2 Å². The molecular formula is C13H28N2. The van der Waals surface area contributed by atoms with Crippen molar-refractivity contribution in [2.75, 3.05) is 19.6 Å². The molecule has 0 spiro atoms. The van der Waals surface area contributed by atoms with Crippen LogP contribution in [0.5, 0.6) is 0 Å². The van der Waals surface area contributed by atoms with E-state index in [1.807, 2.05) is 0 Å². The van der Waals surface area contributed by atoms with Gasteiger partial charge in [-0.25, -0.2) is 0 Å². The molecule has 1 unspecified atom stereocenters. The molecule has 0 amide bonds. The van der Waals surface area contributed by atoms with Gasteiger partial charge >= 0.3 is 0 Å². The van der Waals surface area contributed by atoms with E-state index in [0.29, 0.717) is 5.54 Å². The number of piperazine rings is 1. The molecule has 90 valence electrons. The van der Waals surface area contributed by atoms with Crippen molar-refractivity contribution in [2.45, 2.75) is 65.0 Å². The molecule has 0 radical (unpaired) electrons. The van der Waals surface area contributed by atoms with Crippen LogP contribution in [0.25, 0.3) is 0 Å². The van der Waals surface area contributed by atoms with Crippen molar-refractivity contribution in [2.24, 2.45) is 0 Å². The number of rotatable bonds is 5. The summed E-state index contributed by atoms with van der Waals surface area (Å²) in [6.45, 7) is 12.8. The van der Waals surface area contributed by atoms with Crippen molar-refractivity contribution in [3.63, 3.8) is 0 Å². The summed E-state index contributed by atoms with van der Waals surface area (Å²) in [7, 11) is 0. The Morgan fingerprint density at radius 2 is 2.07 bits per heavy atom. The fraction of sp³-hybridized carbons (Fsp3) is 1.00. The van der Waals surface area contributed by atoms with E-state index in [0.717, 1.165) is 12.6 Å². The summed E-state index contributed by atoms with van der Waals surface area (Å²) in [5.74, 6) is 0. The zero-order valence-electron chi connectivity index (χ0n) is 11.0. The molecule has 1 N–H and O–H groups in total. The van der Waals surface area contributed by atoms with E-state index in [9.17, 15) is 0 Å². The van der Waals surface area contributed by atoms with E-state index in [-0.39, 0.29) is 0 Å². The van der Waals surface area contributed by atoms with Gasteiger partial charge in [0.25, 0.3) is 0 Å². The van der Waals surface area contributed by atoms with Crippen LogP contribution in [0.1, 0.15) is 53.4 Å². The second kappa shape index (κ2) is 5.86. The van der Waals surface area contributed by atoms with Crippen molar-refractivity contribution in [3.05, 3.63) is 0 Å². The Kier molecular flexibility index (Phi) is 5.07. The van der Waals surface area contributed by atoms with Crippen molar-refractivity contribution in [1.29, 1.82) is 0 Å². The summed E-state index contributed by atoms with van der Waals surface area (Å²) in [6.07, 6.45) is 5.48. The van der Waals surface area contributed by atoms with Crippen LogP contribution in [0.4, 0.5) is 0 Å². The molecule has 2 heteroatoms. The predicted molar refractivity (Wildman–Crippen MR) is 67.3 cm³/mol. The highest BCUT2D eigenvalue weighted by Gasteiger charge is 2.27. The van der Waals surface area contributed by atoms with Crippen LogP contribution in [0.15, 0.2) is 0 Å². The van der Waals surface area contributed by atoms with Crippen molar-refractivity contribution in [3.8, 4) is 0 Å². The summed E-state index contributed by atoms with van der Waals surface area (Å²) in [4.78, 5) is 2.64. The standard InChI is InChI=1S/C13H28N2/c1-5-6-7-8-12(2)15-10-9-14-13(3,4)11-15/h12,14H,5-11H2,1-4H3. The van der Waals surface area contributed by atoms with Crippen LogP contribution in [-0.2, 0) is 0 Å². The van der Waals surface area contributed by atoms with Gasteiger partial charge in [0.15, 0.2) is 0 Å². The highest BCUT2D eigenvalue weighted by molar-refractivity contribution is 4.88. The molecule has 1 atom stereocenters. The Hall–Kier alpha value is -0.0800. The fourth-order valence-corrected chi connectivity index (χ4v) is 2.43. The van der Waals surface area contributed by atoms with Crippen LogP contribution in [-0.4, -0.2) is 36.1 Å². The average Bonchev–Trinajstić information content (AvgIpc) is 2.16. The number of nitrogens with one attached hydrogen (secondary N) is 1. The highest BCUT2D eigenvalue weighted by Crippen LogP contribution is 2.16. The molecule has 2 nitrogen and oxygen atoms in total. The number of unbranched alkanes of at least 4 members (excludes halogenated alkanes) is 2. The molecule has 1 rings (SSSR count).